The quantitative estimate of drug-likeness (QED) is 0.211. The first-order chi connectivity index (χ1) is 17.8. The van der Waals surface area contributed by atoms with Crippen molar-refractivity contribution in [2.24, 2.45) is 0 Å². The highest BCUT2D eigenvalue weighted by Crippen LogP contribution is 2.32. The number of nitrogens with zero attached hydrogens (tertiary/aromatic N) is 1. The molecule has 0 N–H and O–H groups in total. The second kappa shape index (κ2) is 11.3. The predicted octanol–water partition coefficient (Wildman–Crippen LogP) is 7.37. The lowest BCUT2D eigenvalue weighted by molar-refractivity contribution is 0.289. The minimum atomic E-state index is 0.498. The van der Waals surface area contributed by atoms with E-state index in [1.54, 1.807) is 7.11 Å². The average molecular weight is 476 g/mol. The molecule has 0 amide bonds. The van der Waals surface area contributed by atoms with Gasteiger partial charge in [-0.05, 0) is 34.4 Å². The molecule has 0 fully saturated rings. The van der Waals surface area contributed by atoms with Crippen molar-refractivity contribution in [1.82, 2.24) is 4.57 Å². The summed E-state index contributed by atoms with van der Waals surface area (Å²) >= 11 is 0. The van der Waals surface area contributed by atoms with Gasteiger partial charge < -0.3 is 18.8 Å². The third-order valence-corrected chi connectivity index (χ3v) is 5.95. The van der Waals surface area contributed by atoms with E-state index in [4.69, 9.17) is 14.2 Å². The second-order valence-electron chi connectivity index (χ2n) is 8.64. The third kappa shape index (κ3) is 5.97. The van der Waals surface area contributed by atoms with Gasteiger partial charge in [-0.15, -0.1) is 0 Å². The Labute approximate surface area is 212 Å². The van der Waals surface area contributed by atoms with Crippen LogP contribution in [-0.4, -0.2) is 11.7 Å². The molecule has 5 rings (SSSR count). The Balaban J connectivity index is 1.39. The molecule has 0 aliphatic heterocycles. The fraction of sp³-hybridized carbons (Fsp3) is 0.125. The smallest absolute Gasteiger partial charge is 0.144 e. The summed E-state index contributed by atoms with van der Waals surface area (Å²) in [4.78, 5) is 0. The Morgan fingerprint density at radius 1 is 0.583 bits per heavy atom. The molecule has 0 unspecified atom stereocenters. The van der Waals surface area contributed by atoms with Crippen LogP contribution in [-0.2, 0) is 19.8 Å². The van der Waals surface area contributed by atoms with Crippen LogP contribution in [0.1, 0.15) is 16.7 Å². The first kappa shape index (κ1) is 23.3. The van der Waals surface area contributed by atoms with E-state index in [0.29, 0.717) is 19.8 Å². The minimum Gasteiger partial charge on any atom is -0.495 e. The maximum absolute atomic E-state index is 6.17. The van der Waals surface area contributed by atoms with Gasteiger partial charge in [0.15, 0.2) is 0 Å². The molecule has 4 heteroatoms. The molecule has 0 spiro atoms. The Morgan fingerprint density at radius 2 is 1.11 bits per heavy atom. The van der Waals surface area contributed by atoms with Crippen LogP contribution in [0.15, 0.2) is 122 Å². The highest BCUT2D eigenvalue weighted by Gasteiger charge is 2.11. The SMILES string of the molecule is COc1cn(Cc2cc(OCc3ccccc3)cc(OCc3ccccc3)c2)cc1-c1ccccc1. The van der Waals surface area contributed by atoms with E-state index < -0.39 is 0 Å². The second-order valence-corrected chi connectivity index (χ2v) is 8.64. The van der Waals surface area contributed by atoms with Gasteiger partial charge in [0.25, 0.3) is 0 Å². The van der Waals surface area contributed by atoms with Gasteiger partial charge in [0, 0.05) is 30.6 Å². The summed E-state index contributed by atoms with van der Waals surface area (Å²) in [6.45, 7) is 1.66. The van der Waals surface area contributed by atoms with Crippen molar-refractivity contribution in [2.45, 2.75) is 19.8 Å². The van der Waals surface area contributed by atoms with Crippen LogP contribution in [0.5, 0.6) is 17.2 Å². The highest BCUT2D eigenvalue weighted by molar-refractivity contribution is 5.70. The van der Waals surface area contributed by atoms with Gasteiger partial charge >= 0.3 is 0 Å². The zero-order chi connectivity index (χ0) is 24.6. The van der Waals surface area contributed by atoms with Crippen LogP contribution in [0.3, 0.4) is 0 Å². The zero-order valence-corrected chi connectivity index (χ0v) is 20.3. The summed E-state index contributed by atoms with van der Waals surface area (Å²) < 4.78 is 20.1. The minimum absolute atomic E-state index is 0.498. The number of rotatable bonds is 10. The molecule has 0 aliphatic carbocycles. The van der Waals surface area contributed by atoms with Crippen molar-refractivity contribution < 1.29 is 14.2 Å². The van der Waals surface area contributed by atoms with E-state index in [9.17, 15) is 0 Å². The van der Waals surface area contributed by atoms with Gasteiger partial charge in [0.2, 0.25) is 0 Å². The zero-order valence-electron chi connectivity index (χ0n) is 20.3. The summed E-state index contributed by atoms with van der Waals surface area (Å²) in [7, 11) is 1.71. The average Bonchev–Trinajstić information content (AvgIpc) is 3.35. The van der Waals surface area contributed by atoms with Crippen molar-refractivity contribution in [1.29, 1.82) is 0 Å². The van der Waals surface area contributed by atoms with E-state index >= 15 is 0 Å². The predicted molar refractivity (Wildman–Crippen MR) is 144 cm³/mol. The standard InChI is InChI=1S/C32H29NO3/c1-34-32-22-33(21-31(32)28-15-9-4-10-16-28)20-27-17-29(35-23-25-11-5-2-6-12-25)19-30(18-27)36-24-26-13-7-3-8-14-26/h2-19,21-22H,20,23-24H2,1H3. The summed E-state index contributed by atoms with van der Waals surface area (Å²) in [6, 6.07) is 36.7. The van der Waals surface area contributed by atoms with E-state index in [-0.39, 0.29) is 0 Å². The Morgan fingerprint density at radius 3 is 1.64 bits per heavy atom. The number of hydrogen-bond donors (Lipinski definition) is 0. The van der Waals surface area contributed by atoms with Crippen molar-refractivity contribution in [2.75, 3.05) is 7.11 Å². The number of hydrogen-bond acceptors (Lipinski definition) is 3. The Hall–Kier alpha value is -4.44. The van der Waals surface area contributed by atoms with E-state index in [1.807, 2.05) is 66.9 Å². The molecule has 36 heavy (non-hydrogen) atoms. The lowest BCUT2D eigenvalue weighted by Crippen LogP contribution is -2.02. The van der Waals surface area contributed by atoms with Crippen LogP contribution in [0.4, 0.5) is 0 Å². The lowest BCUT2D eigenvalue weighted by Gasteiger charge is -2.13. The fourth-order valence-electron chi connectivity index (χ4n) is 4.16. The van der Waals surface area contributed by atoms with Crippen LogP contribution >= 0.6 is 0 Å². The molecule has 0 atom stereocenters. The summed E-state index contributed by atoms with van der Waals surface area (Å²) in [5, 5.41) is 0. The maximum atomic E-state index is 6.17. The summed E-state index contributed by atoms with van der Waals surface area (Å²) in [6.07, 6.45) is 4.15. The number of aromatic nitrogens is 1. The van der Waals surface area contributed by atoms with Crippen molar-refractivity contribution in [3.63, 3.8) is 0 Å². The molecule has 1 aromatic heterocycles. The van der Waals surface area contributed by atoms with Crippen LogP contribution in [0.25, 0.3) is 11.1 Å². The number of methoxy groups -OCH3 is 1. The van der Waals surface area contributed by atoms with Gasteiger partial charge in [-0.25, -0.2) is 0 Å². The molecule has 0 radical (unpaired) electrons. The fourth-order valence-corrected chi connectivity index (χ4v) is 4.16. The Bertz CT molecular complexity index is 1320. The molecule has 180 valence electrons. The summed E-state index contributed by atoms with van der Waals surface area (Å²) in [5.41, 5.74) is 5.52. The molecule has 0 aliphatic rings. The molecule has 0 saturated carbocycles. The van der Waals surface area contributed by atoms with Crippen LogP contribution < -0.4 is 14.2 Å². The van der Waals surface area contributed by atoms with E-state index in [1.165, 1.54) is 0 Å². The van der Waals surface area contributed by atoms with Gasteiger partial charge in [-0.2, -0.15) is 0 Å². The molecule has 4 nitrogen and oxygen atoms in total. The van der Waals surface area contributed by atoms with Crippen LogP contribution in [0, 0.1) is 0 Å². The molecule has 5 aromatic rings. The molecule has 0 bridgehead atoms. The van der Waals surface area contributed by atoms with Crippen molar-refractivity contribution in [3.8, 4) is 28.4 Å². The lowest BCUT2D eigenvalue weighted by atomic mass is 10.1. The number of ether oxygens (including phenoxy) is 3. The summed E-state index contributed by atoms with van der Waals surface area (Å²) in [5.74, 6) is 2.40. The Kier molecular flexibility index (Phi) is 7.33. The normalized spacial score (nSPS) is 10.7. The first-order valence-electron chi connectivity index (χ1n) is 12.0. The molecular formula is C32H29NO3. The topological polar surface area (TPSA) is 32.6 Å². The molecule has 1 heterocycles. The van der Waals surface area contributed by atoms with Crippen LogP contribution in [0.2, 0.25) is 0 Å². The van der Waals surface area contributed by atoms with Gasteiger partial charge in [0.05, 0.1) is 7.11 Å². The monoisotopic (exact) mass is 475 g/mol. The molecule has 4 aromatic carbocycles. The highest BCUT2D eigenvalue weighted by atomic mass is 16.5. The van der Waals surface area contributed by atoms with E-state index in [0.717, 1.165) is 45.1 Å². The number of benzene rings is 4. The van der Waals surface area contributed by atoms with Crippen molar-refractivity contribution in [3.05, 3.63) is 138 Å². The van der Waals surface area contributed by atoms with E-state index in [2.05, 4.69) is 59.3 Å². The third-order valence-electron chi connectivity index (χ3n) is 5.95. The van der Waals surface area contributed by atoms with Gasteiger partial charge in [-0.3, -0.25) is 0 Å². The van der Waals surface area contributed by atoms with Crippen molar-refractivity contribution >= 4 is 0 Å². The molecular weight excluding hydrogens is 446 g/mol. The first-order valence-corrected chi connectivity index (χ1v) is 12.0. The molecule has 0 saturated heterocycles. The van der Waals surface area contributed by atoms with Gasteiger partial charge in [-0.1, -0.05) is 91.0 Å². The largest absolute Gasteiger partial charge is 0.495 e. The maximum Gasteiger partial charge on any atom is 0.144 e. The van der Waals surface area contributed by atoms with Gasteiger partial charge in [0.1, 0.15) is 30.5 Å².